The predicted molar refractivity (Wildman–Crippen MR) is 69.8 cm³/mol. The van der Waals surface area contributed by atoms with Crippen molar-refractivity contribution in [2.45, 2.75) is 38.6 Å². The summed E-state index contributed by atoms with van der Waals surface area (Å²) >= 11 is 2.36. The Morgan fingerprint density at radius 3 is 2.64 bits per heavy atom. The van der Waals surface area contributed by atoms with Gasteiger partial charge in [0, 0.05) is 15.3 Å². The molecule has 0 heterocycles. The molecule has 0 aromatic heterocycles. The van der Waals surface area contributed by atoms with Crippen LogP contribution in [0.25, 0.3) is 0 Å². The molecule has 0 atom stereocenters. The number of halogens is 1. The summed E-state index contributed by atoms with van der Waals surface area (Å²) in [5.41, 5.74) is 2.68. The van der Waals surface area contributed by atoms with E-state index in [1.54, 1.807) is 0 Å². The molecule has 1 nitrogen and oxygen atoms in total. The molecule has 1 aliphatic rings. The minimum atomic E-state index is 0.716. The van der Waals surface area contributed by atoms with Crippen molar-refractivity contribution in [1.82, 2.24) is 0 Å². The molecule has 14 heavy (non-hydrogen) atoms. The summed E-state index contributed by atoms with van der Waals surface area (Å²) in [6.45, 7) is 2.18. The van der Waals surface area contributed by atoms with Gasteiger partial charge in [-0.25, -0.2) is 0 Å². The monoisotopic (exact) mass is 301 g/mol. The zero-order valence-corrected chi connectivity index (χ0v) is 10.7. The Hall–Kier alpha value is -0.250. The molecule has 1 aromatic carbocycles. The second-order valence-electron chi connectivity index (χ2n) is 4.08. The summed E-state index contributed by atoms with van der Waals surface area (Å²) in [7, 11) is 0. The Bertz CT molecular complexity index is 316. The molecular formula is C12H16IN. The molecule has 0 spiro atoms. The van der Waals surface area contributed by atoms with E-state index in [0.717, 1.165) is 0 Å². The Labute approximate surface area is 99.4 Å². The Balaban J connectivity index is 2.08. The maximum atomic E-state index is 3.63. The molecular weight excluding hydrogens is 285 g/mol. The van der Waals surface area contributed by atoms with Crippen molar-refractivity contribution in [2.75, 3.05) is 5.32 Å². The van der Waals surface area contributed by atoms with Gasteiger partial charge in [-0.15, -0.1) is 0 Å². The van der Waals surface area contributed by atoms with Gasteiger partial charge < -0.3 is 5.32 Å². The average molecular weight is 301 g/mol. The maximum Gasteiger partial charge on any atom is 0.0372 e. The fraction of sp³-hybridized carbons (Fsp3) is 0.500. The zero-order valence-electron chi connectivity index (χ0n) is 8.52. The molecule has 1 fully saturated rings. The minimum absolute atomic E-state index is 0.716. The minimum Gasteiger partial charge on any atom is -0.382 e. The van der Waals surface area contributed by atoms with Gasteiger partial charge in [-0.3, -0.25) is 0 Å². The van der Waals surface area contributed by atoms with Crippen molar-refractivity contribution >= 4 is 28.3 Å². The van der Waals surface area contributed by atoms with Gasteiger partial charge in [0.1, 0.15) is 0 Å². The van der Waals surface area contributed by atoms with Gasteiger partial charge in [0.15, 0.2) is 0 Å². The summed E-state index contributed by atoms with van der Waals surface area (Å²) in [6, 6.07) is 7.33. The molecule has 1 aliphatic carbocycles. The highest BCUT2D eigenvalue weighted by Crippen LogP contribution is 2.24. The summed E-state index contributed by atoms with van der Waals surface area (Å²) in [4.78, 5) is 0. The van der Waals surface area contributed by atoms with Crippen molar-refractivity contribution < 1.29 is 0 Å². The Morgan fingerprint density at radius 1 is 1.29 bits per heavy atom. The standard InChI is InChI=1S/C12H16IN/c1-9-8-10(13)6-7-12(9)14-11-4-2-3-5-11/h6-8,11,14H,2-5H2,1H3. The first-order chi connectivity index (χ1) is 6.75. The molecule has 2 rings (SSSR count). The molecule has 0 aliphatic heterocycles. The third-order valence-corrected chi connectivity index (χ3v) is 3.57. The Morgan fingerprint density at radius 2 is 2.00 bits per heavy atom. The van der Waals surface area contributed by atoms with Gasteiger partial charge in [0.05, 0.1) is 0 Å². The van der Waals surface area contributed by atoms with Gasteiger partial charge >= 0.3 is 0 Å². The van der Waals surface area contributed by atoms with Crippen molar-refractivity contribution in [3.8, 4) is 0 Å². The number of hydrogen-bond donors (Lipinski definition) is 1. The summed E-state index contributed by atoms with van der Waals surface area (Å²) < 4.78 is 1.32. The number of aryl methyl sites for hydroxylation is 1. The number of hydrogen-bond acceptors (Lipinski definition) is 1. The molecule has 1 aromatic rings. The maximum absolute atomic E-state index is 3.63. The summed E-state index contributed by atoms with van der Waals surface area (Å²) in [6.07, 6.45) is 5.46. The van der Waals surface area contributed by atoms with Crippen LogP contribution < -0.4 is 5.32 Å². The van der Waals surface area contributed by atoms with E-state index in [4.69, 9.17) is 0 Å². The lowest BCUT2D eigenvalue weighted by Crippen LogP contribution is -2.15. The third-order valence-electron chi connectivity index (χ3n) is 2.90. The van der Waals surface area contributed by atoms with Crippen molar-refractivity contribution in [2.24, 2.45) is 0 Å². The second-order valence-corrected chi connectivity index (χ2v) is 5.33. The lowest BCUT2D eigenvalue weighted by atomic mass is 10.1. The van der Waals surface area contributed by atoms with Gasteiger partial charge in [-0.1, -0.05) is 12.8 Å². The number of anilines is 1. The fourth-order valence-electron chi connectivity index (χ4n) is 2.08. The second kappa shape index (κ2) is 4.51. The van der Waals surface area contributed by atoms with Crippen LogP contribution in [-0.2, 0) is 0 Å². The molecule has 1 saturated carbocycles. The zero-order chi connectivity index (χ0) is 9.97. The highest BCUT2D eigenvalue weighted by atomic mass is 127. The normalized spacial score (nSPS) is 17.3. The van der Waals surface area contributed by atoms with Gasteiger partial charge in [-0.2, -0.15) is 0 Å². The highest BCUT2D eigenvalue weighted by molar-refractivity contribution is 14.1. The molecule has 2 heteroatoms. The Kier molecular flexibility index (Phi) is 3.31. The van der Waals surface area contributed by atoms with Crippen LogP contribution in [0.3, 0.4) is 0 Å². The summed E-state index contributed by atoms with van der Waals surface area (Å²) in [5, 5.41) is 3.63. The quantitative estimate of drug-likeness (QED) is 0.816. The summed E-state index contributed by atoms with van der Waals surface area (Å²) in [5.74, 6) is 0. The van der Waals surface area contributed by atoms with E-state index in [9.17, 15) is 0 Å². The number of benzene rings is 1. The van der Waals surface area contributed by atoms with Gasteiger partial charge in [0.2, 0.25) is 0 Å². The van der Waals surface area contributed by atoms with Crippen LogP contribution in [0.5, 0.6) is 0 Å². The molecule has 1 N–H and O–H groups in total. The third kappa shape index (κ3) is 2.41. The van der Waals surface area contributed by atoms with Crippen LogP contribution in [0.15, 0.2) is 18.2 Å². The van der Waals surface area contributed by atoms with Crippen LogP contribution >= 0.6 is 22.6 Å². The molecule has 0 bridgehead atoms. The van der Waals surface area contributed by atoms with Crippen LogP contribution in [-0.4, -0.2) is 6.04 Å². The van der Waals surface area contributed by atoms with Crippen LogP contribution in [0.2, 0.25) is 0 Å². The molecule has 0 radical (unpaired) electrons. The lowest BCUT2D eigenvalue weighted by molar-refractivity contribution is 0.754. The highest BCUT2D eigenvalue weighted by Gasteiger charge is 2.14. The fourth-order valence-corrected chi connectivity index (χ4v) is 2.73. The first-order valence-corrected chi connectivity index (χ1v) is 6.36. The van der Waals surface area contributed by atoms with E-state index in [0.29, 0.717) is 6.04 Å². The van der Waals surface area contributed by atoms with E-state index in [2.05, 4.69) is 53.0 Å². The smallest absolute Gasteiger partial charge is 0.0372 e. The topological polar surface area (TPSA) is 12.0 Å². The van der Waals surface area contributed by atoms with Crippen LogP contribution in [0, 0.1) is 10.5 Å². The van der Waals surface area contributed by atoms with Gasteiger partial charge in [0.25, 0.3) is 0 Å². The van der Waals surface area contributed by atoms with E-state index < -0.39 is 0 Å². The first-order valence-electron chi connectivity index (χ1n) is 5.28. The SMILES string of the molecule is Cc1cc(I)ccc1NC1CCCC1. The molecule has 0 saturated heterocycles. The lowest BCUT2D eigenvalue weighted by Gasteiger charge is -2.15. The molecule has 76 valence electrons. The van der Waals surface area contributed by atoms with Crippen molar-refractivity contribution in [3.05, 3.63) is 27.3 Å². The largest absolute Gasteiger partial charge is 0.382 e. The number of rotatable bonds is 2. The molecule has 0 unspecified atom stereocenters. The van der Waals surface area contributed by atoms with E-state index >= 15 is 0 Å². The van der Waals surface area contributed by atoms with Crippen molar-refractivity contribution in [3.63, 3.8) is 0 Å². The number of nitrogens with one attached hydrogen (secondary N) is 1. The van der Waals surface area contributed by atoms with Crippen LogP contribution in [0.1, 0.15) is 31.2 Å². The van der Waals surface area contributed by atoms with E-state index in [1.165, 1.54) is 40.5 Å². The average Bonchev–Trinajstić information content (AvgIpc) is 2.62. The van der Waals surface area contributed by atoms with Crippen molar-refractivity contribution in [1.29, 1.82) is 0 Å². The van der Waals surface area contributed by atoms with Crippen LogP contribution in [0.4, 0.5) is 5.69 Å². The predicted octanol–water partition coefficient (Wildman–Crippen LogP) is 3.95. The van der Waals surface area contributed by atoms with E-state index in [-0.39, 0.29) is 0 Å². The van der Waals surface area contributed by atoms with Gasteiger partial charge in [-0.05, 0) is 66.1 Å². The van der Waals surface area contributed by atoms with E-state index in [1.807, 2.05) is 0 Å². The molecule has 0 amide bonds. The first kappa shape index (κ1) is 10.3.